The van der Waals surface area contributed by atoms with Crippen molar-refractivity contribution in [1.82, 2.24) is 0 Å². The zero-order valence-electron chi connectivity index (χ0n) is 9.82. The van der Waals surface area contributed by atoms with E-state index in [1.165, 1.54) is 0 Å². The number of methoxy groups -OCH3 is 1. The number of benzene rings is 1. The monoisotopic (exact) mass is 220 g/mol. The van der Waals surface area contributed by atoms with Gasteiger partial charge in [0.2, 0.25) is 0 Å². The van der Waals surface area contributed by atoms with Gasteiger partial charge in [-0.2, -0.15) is 0 Å². The molecule has 0 saturated carbocycles. The van der Waals surface area contributed by atoms with E-state index < -0.39 is 0 Å². The van der Waals surface area contributed by atoms with Crippen molar-refractivity contribution in [1.29, 1.82) is 0 Å². The van der Waals surface area contributed by atoms with Gasteiger partial charge in [-0.15, -0.1) is 0 Å². The molecule has 86 valence electrons. The van der Waals surface area contributed by atoms with Crippen molar-refractivity contribution >= 4 is 5.97 Å². The number of carbonyl (C=O) groups is 1. The van der Waals surface area contributed by atoms with Crippen LogP contribution in [0.1, 0.15) is 24.2 Å². The average molecular weight is 220 g/mol. The highest BCUT2D eigenvalue weighted by Crippen LogP contribution is 2.12. The fourth-order valence-corrected chi connectivity index (χ4v) is 1.09. The largest absolute Gasteiger partial charge is 0.497 e. The SMILES string of the molecule is COc1ccc(C(=O)OCC=C(C)C)cc1. The van der Waals surface area contributed by atoms with Crippen molar-refractivity contribution < 1.29 is 14.3 Å². The van der Waals surface area contributed by atoms with E-state index in [9.17, 15) is 4.79 Å². The van der Waals surface area contributed by atoms with Crippen molar-refractivity contribution in [3.05, 3.63) is 41.5 Å². The van der Waals surface area contributed by atoms with Gasteiger partial charge in [0.05, 0.1) is 12.7 Å². The first-order valence-electron chi connectivity index (χ1n) is 5.08. The van der Waals surface area contributed by atoms with Crippen LogP contribution in [0.4, 0.5) is 0 Å². The minimum Gasteiger partial charge on any atom is -0.497 e. The highest BCUT2D eigenvalue weighted by molar-refractivity contribution is 5.89. The van der Waals surface area contributed by atoms with Crippen LogP contribution in [0.25, 0.3) is 0 Å². The molecule has 0 aromatic heterocycles. The Morgan fingerprint density at radius 2 is 1.88 bits per heavy atom. The smallest absolute Gasteiger partial charge is 0.338 e. The Bertz CT molecular complexity index is 373. The highest BCUT2D eigenvalue weighted by atomic mass is 16.5. The number of esters is 1. The van der Waals surface area contributed by atoms with E-state index in [1.54, 1.807) is 31.4 Å². The molecule has 1 rings (SSSR count). The molecular weight excluding hydrogens is 204 g/mol. The molecule has 3 nitrogen and oxygen atoms in total. The molecule has 0 aliphatic carbocycles. The van der Waals surface area contributed by atoms with E-state index >= 15 is 0 Å². The van der Waals surface area contributed by atoms with Crippen molar-refractivity contribution in [2.24, 2.45) is 0 Å². The molecule has 0 aliphatic heterocycles. The molecule has 1 aromatic rings. The van der Waals surface area contributed by atoms with E-state index in [-0.39, 0.29) is 5.97 Å². The lowest BCUT2D eigenvalue weighted by Gasteiger charge is -2.03. The normalized spacial score (nSPS) is 9.44. The summed E-state index contributed by atoms with van der Waals surface area (Å²) < 4.78 is 10.1. The lowest BCUT2D eigenvalue weighted by atomic mass is 10.2. The summed E-state index contributed by atoms with van der Waals surface area (Å²) in [7, 11) is 1.59. The number of ether oxygens (including phenoxy) is 2. The average Bonchev–Trinajstić information content (AvgIpc) is 2.28. The first kappa shape index (κ1) is 12.3. The third kappa shape index (κ3) is 3.77. The van der Waals surface area contributed by atoms with Gasteiger partial charge in [-0.05, 0) is 44.2 Å². The highest BCUT2D eigenvalue weighted by Gasteiger charge is 2.05. The number of allylic oxidation sites excluding steroid dienone is 1. The summed E-state index contributed by atoms with van der Waals surface area (Å²) >= 11 is 0. The molecule has 0 radical (unpaired) electrons. The second-order valence-electron chi connectivity index (χ2n) is 3.61. The van der Waals surface area contributed by atoms with Crippen LogP contribution in [0.5, 0.6) is 5.75 Å². The molecule has 0 atom stereocenters. The summed E-state index contributed by atoms with van der Waals surface area (Å²) in [6, 6.07) is 6.84. The van der Waals surface area contributed by atoms with Gasteiger partial charge in [-0.25, -0.2) is 4.79 Å². The molecule has 3 heteroatoms. The van der Waals surface area contributed by atoms with E-state index in [0.717, 1.165) is 11.3 Å². The Morgan fingerprint density at radius 1 is 1.25 bits per heavy atom. The minimum atomic E-state index is -0.319. The molecule has 0 aliphatic rings. The molecule has 0 spiro atoms. The summed E-state index contributed by atoms with van der Waals surface area (Å²) in [6.07, 6.45) is 1.86. The second kappa shape index (κ2) is 5.95. The van der Waals surface area contributed by atoms with Gasteiger partial charge >= 0.3 is 5.97 Å². The van der Waals surface area contributed by atoms with Gasteiger partial charge in [-0.1, -0.05) is 5.57 Å². The van der Waals surface area contributed by atoms with Gasteiger partial charge in [0.15, 0.2) is 0 Å². The fraction of sp³-hybridized carbons (Fsp3) is 0.308. The van der Waals surface area contributed by atoms with Gasteiger partial charge in [-0.3, -0.25) is 0 Å². The predicted octanol–water partition coefficient (Wildman–Crippen LogP) is 2.82. The molecule has 0 saturated heterocycles. The summed E-state index contributed by atoms with van der Waals surface area (Å²) in [5, 5.41) is 0. The van der Waals surface area contributed by atoms with Crippen LogP contribution in [-0.2, 0) is 4.74 Å². The van der Waals surface area contributed by atoms with Crippen LogP contribution in [-0.4, -0.2) is 19.7 Å². The fourth-order valence-electron chi connectivity index (χ4n) is 1.09. The zero-order chi connectivity index (χ0) is 12.0. The van der Waals surface area contributed by atoms with E-state index in [0.29, 0.717) is 12.2 Å². The predicted molar refractivity (Wildman–Crippen MR) is 62.7 cm³/mol. The number of hydrogen-bond acceptors (Lipinski definition) is 3. The minimum absolute atomic E-state index is 0.313. The van der Waals surface area contributed by atoms with E-state index in [2.05, 4.69) is 0 Å². The topological polar surface area (TPSA) is 35.5 Å². The molecule has 1 aromatic carbocycles. The van der Waals surface area contributed by atoms with Crippen LogP contribution in [0.15, 0.2) is 35.9 Å². The van der Waals surface area contributed by atoms with Crippen LogP contribution in [0.2, 0.25) is 0 Å². The zero-order valence-corrected chi connectivity index (χ0v) is 9.82. The summed E-state index contributed by atoms with van der Waals surface area (Å²) in [5.41, 5.74) is 1.66. The Morgan fingerprint density at radius 3 is 2.38 bits per heavy atom. The summed E-state index contributed by atoms with van der Waals surface area (Å²) in [6.45, 7) is 4.23. The third-order valence-corrected chi connectivity index (χ3v) is 2.03. The Hall–Kier alpha value is -1.77. The Kier molecular flexibility index (Phi) is 4.58. The number of hydrogen-bond donors (Lipinski definition) is 0. The second-order valence-corrected chi connectivity index (χ2v) is 3.61. The third-order valence-electron chi connectivity index (χ3n) is 2.03. The van der Waals surface area contributed by atoms with Crippen molar-refractivity contribution in [3.8, 4) is 5.75 Å². The van der Waals surface area contributed by atoms with Gasteiger partial charge in [0.1, 0.15) is 12.4 Å². The van der Waals surface area contributed by atoms with Gasteiger partial charge in [0, 0.05) is 0 Å². The van der Waals surface area contributed by atoms with Crippen LogP contribution >= 0.6 is 0 Å². The molecule has 0 fully saturated rings. The Balaban J connectivity index is 2.56. The van der Waals surface area contributed by atoms with Crippen molar-refractivity contribution in [2.45, 2.75) is 13.8 Å². The van der Waals surface area contributed by atoms with Crippen LogP contribution < -0.4 is 4.74 Å². The molecule has 0 bridgehead atoms. The maximum atomic E-state index is 11.5. The van der Waals surface area contributed by atoms with Gasteiger partial charge in [0.25, 0.3) is 0 Å². The molecular formula is C13H16O3. The van der Waals surface area contributed by atoms with Crippen molar-refractivity contribution in [3.63, 3.8) is 0 Å². The molecule has 0 N–H and O–H groups in total. The molecule has 0 unspecified atom stereocenters. The number of carbonyl (C=O) groups excluding carboxylic acids is 1. The summed E-state index contributed by atoms with van der Waals surface area (Å²) in [5.74, 6) is 0.404. The van der Waals surface area contributed by atoms with E-state index in [1.807, 2.05) is 19.9 Å². The molecule has 0 heterocycles. The molecule has 16 heavy (non-hydrogen) atoms. The first-order valence-corrected chi connectivity index (χ1v) is 5.08. The first-order chi connectivity index (χ1) is 7.63. The standard InChI is InChI=1S/C13H16O3/c1-10(2)8-9-16-13(14)11-4-6-12(15-3)7-5-11/h4-8H,9H2,1-3H3. The molecule has 0 amide bonds. The van der Waals surface area contributed by atoms with E-state index in [4.69, 9.17) is 9.47 Å². The maximum absolute atomic E-state index is 11.5. The lowest BCUT2D eigenvalue weighted by molar-refractivity contribution is 0.0549. The van der Waals surface area contributed by atoms with Gasteiger partial charge < -0.3 is 9.47 Å². The van der Waals surface area contributed by atoms with Crippen LogP contribution in [0.3, 0.4) is 0 Å². The Labute approximate surface area is 95.7 Å². The van der Waals surface area contributed by atoms with Crippen molar-refractivity contribution in [2.75, 3.05) is 13.7 Å². The quantitative estimate of drug-likeness (QED) is 0.578. The summed E-state index contributed by atoms with van der Waals surface area (Å²) in [4.78, 5) is 11.5. The number of rotatable bonds is 4. The maximum Gasteiger partial charge on any atom is 0.338 e. The van der Waals surface area contributed by atoms with Crippen LogP contribution in [0, 0.1) is 0 Å². The lowest BCUT2D eigenvalue weighted by Crippen LogP contribution is -2.05.